The van der Waals surface area contributed by atoms with Crippen molar-refractivity contribution in [1.82, 2.24) is 0 Å². The van der Waals surface area contributed by atoms with Gasteiger partial charge in [0.15, 0.2) is 0 Å². The molecule has 0 radical (unpaired) electrons. The summed E-state index contributed by atoms with van der Waals surface area (Å²) in [6, 6.07) is 12.5. The summed E-state index contributed by atoms with van der Waals surface area (Å²) >= 11 is 4.02. The highest BCUT2D eigenvalue weighted by molar-refractivity contribution is 8.18. The third kappa shape index (κ3) is 3.60. The Morgan fingerprint density at radius 1 is 0.867 bits per heavy atom. The predicted molar refractivity (Wildman–Crippen MR) is 130 cm³/mol. The second-order valence-corrected chi connectivity index (χ2v) is 12.9. The van der Waals surface area contributed by atoms with Crippen molar-refractivity contribution in [2.24, 2.45) is 0 Å². The summed E-state index contributed by atoms with van der Waals surface area (Å²) < 4.78 is -0.175. The number of hydrogen-bond donors (Lipinski definition) is 1. The molecule has 2 aromatic rings. The summed E-state index contributed by atoms with van der Waals surface area (Å²) in [4.78, 5) is 11.4. The average molecular weight is 441 g/mol. The van der Waals surface area contributed by atoms with Crippen molar-refractivity contribution in [1.29, 1.82) is 0 Å². The molecule has 1 aliphatic carbocycles. The van der Waals surface area contributed by atoms with Gasteiger partial charge in [0.05, 0.1) is 5.56 Å². The first-order chi connectivity index (χ1) is 14.1. The summed E-state index contributed by atoms with van der Waals surface area (Å²) in [6.45, 7) is 11.8. The maximum absolute atomic E-state index is 11.4. The Bertz CT molecular complexity index is 967. The highest BCUT2D eigenvalue weighted by Gasteiger charge is 2.43. The van der Waals surface area contributed by atoms with Gasteiger partial charge in [-0.2, -0.15) is 0 Å². The van der Waals surface area contributed by atoms with Gasteiger partial charge in [-0.3, -0.25) is 0 Å². The van der Waals surface area contributed by atoms with Gasteiger partial charge >= 0.3 is 5.97 Å². The Kier molecular flexibility index (Phi) is 5.55. The normalized spacial score (nSPS) is 21.6. The van der Waals surface area contributed by atoms with Gasteiger partial charge in [0.2, 0.25) is 0 Å². The van der Waals surface area contributed by atoms with Crippen LogP contribution in [0.15, 0.2) is 36.4 Å². The van der Waals surface area contributed by atoms with Gasteiger partial charge in [-0.25, -0.2) is 4.79 Å². The largest absolute Gasteiger partial charge is 0.478 e. The summed E-state index contributed by atoms with van der Waals surface area (Å²) in [7, 11) is 0. The monoisotopic (exact) mass is 440 g/mol. The lowest BCUT2D eigenvalue weighted by Gasteiger charge is -2.44. The van der Waals surface area contributed by atoms with Crippen molar-refractivity contribution in [2.75, 3.05) is 11.5 Å². The average Bonchev–Trinajstić information content (AvgIpc) is 2.72. The summed E-state index contributed by atoms with van der Waals surface area (Å²) in [5.41, 5.74) is 7.68. The Hall–Kier alpha value is -1.39. The van der Waals surface area contributed by atoms with E-state index in [9.17, 15) is 9.90 Å². The third-order valence-electron chi connectivity index (χ3n) is 6.96. The number of carboxylic acids is 1. The lowest BCUT2D eigenvalue weighted by Crippen LogP contribution is -2.35. The molecule has 2 nitrogen and oxygen atoms in total. The number of carbonyl (C=O) groups is 1. The van der Waals surface area contributed by atoms with Gasteiger partial charge < -0.3 is 5.11 Å². The van der Waals surface area contributed by atoms with Crippen molar-refractivity contribution in [3.05, 3.63) is 69.8 Å². The molecule has 0 aromatic heterocycles. The molecular weight excluding hydrogens is 408 g/mol. The first kappa shape index (κ1) is 21.8. The minimum atomic E-state index is -0.867. The van der Waals surface area contributed by atoms with Gasteiger partial charge in [0, 0.05) is 0 Å². The van der Waals surface area contributed by atoms with Gasteiger partial charge in [0.25, 0.3) is 0 Å². The fourth-order valence-corrected chi connectivity index (χ4v) is 8.44. The number of aromatic carboxylic acids is 1. The lowest BCUT2D eigenvalue weighted by molar-refractivity contribution is 0.0697. The first-order valence-electron chi connectivity index (χ1n) is 10.8. The van der Waals surface area contributed by atoms with Crippen LogP contribution < -0.4 is 0 Å². The number of fused-ring (bicyclic) bond motifs is 1. The molecule has 1 N–H and O–H groups in total. The molecule has 160 valence electrons. The molecule has 0 unspecified atom stereocenters. The number of hydrogen-bond acceptors (Lipinski definition) is 3. The van der Waals surface area contributed by atoms with Crippen LogP contribution in [0.3, 0.4) is 0 Å². The Balaban J connectivity index is 1.91. The molecule has 0 amide bonds. The zero-order valence-corrected chi connectivity index (χ0v) is 20.3. The molecule has 30 heavy (non-hydrogen) atoms. The summed E-state index contributed by atoms with van der Waals surface area (Å²) in [6.07, 6.45) is 3.64. The maximum Gasteiger partial charge on any atom is 0.335 e. The minimum Gasteiger partial charge on any atom is -0.478 e. The quantitative estimate of drug-likeness (QED) is 0.551. The Labute approximate surface area is 189 Å². The zero-order valence-electron chi connectivity index (χ0n) is 18.7. The second kappa shape index (κ2) is 7.63. The van der Waals surface area contributed by atoms with Crippen LogP contribution >= 0.6 is 23.5 Å². The van der Waals surface area contributed by atoms with E-state index in [-0.39, 0.29) is 14.9 Å². The fraction of sp³-hybridized carbons (Fsp3) is 0.500. The molecule has 1 saturated heterocycles. The molecule has 0 saturated carbocycles. The van der Waals surface area contributed by atoms with E-state index in [2.05, 4.69) is 46.8 Å². The summed E-state index contributed by atoms with van der Waals surface area (Å²) in [5, 5.41) is 9.34. The van der Waals surface area contributed by atoms with E-state index < -0.39 is 5.97 Å². The van der Waals surface area contributed by atoms with Crippen LogP contribution in [-0.4, -0.2) is 22.6 Å². The van der Waals surface area contributed by atoms with Crippen LogP contribution in [0.2, 0.25) is 0 Å². The van der Waals surface area contributed by atoms with Crippen LogP contribution in [0.5, 0.6) is 0 Å². The number of aryl methyl sites for hydroxylation is 1. The molecule has 4 rings (SSSR count). The topological polar surface area (TPSA) is 37.3 Å². The second-order valence-electron chi connectivity index (χ2n) is 10.0. The Morgan fingerprint density at radius 3 is 1.93 bits per heavy atom. The summed E-state index contributed by atoms with van der Waals surface area (Å²) in [5.74, 6) is 1.38. The van der Waals surface area contributed by atoms with Crippen molar-refractivity contribution in [3.8, 4) is 0 Å². The van der Waals surface area contributed by atoms with Crippen LogP contribution in [-0.2, 0) is 14.9 Å². The third-order valence-corrected chi connectivity index (χ3v) is 10.4. The fourth-order valence-electron chi connectivity index (χ4n) is 4.92. The zero-order chi connectivity index (χ0) is 21.7. The molecule has 1 heterocycles. The van der Waals surface area contributed by atoms with Crippen LogP contribution in [0.25, 0.3) is 0 Å². The lowest BCUT2D eigenvalue weighted by atomic mass is 9.62. The van der Waals surface area contributed by atoms with Gasteiger partial charge in [-0.05, 0) is 88.5 Å². The van der Waals surface area contributed by atoms with Crippen LogP contribution in [0, 0.1) is 6.92 Å². The number of carboxylic acid groups (broad SMARTS) is 1. The molecule has 1 aliphatic heterocycles. The van der Waals surface area contributed by atoms with Gasteiger partial charge in [0.1, 0.15) is 4.08 Å². The van der Waals surface area contributed by atoms with E-state index in [0.29, 0.717) is 5.56 Å². The Morgan fingerprint density at radius 2 is 1.40 bits per heavy atom. The van der Waals surface area contributed by atoms with Crippen molar-refractivity contribution in [3.63, 3.8) is 0 Å². The SMILES string of the molecule is Cc1cc2c(cc1C1(c3ccc(C(=O)O)cc3)SCCCS1)C(C)(C)CCC2(C)C. The van der Waals surface area contributed by atoms with Gasteiger partial charge in [-0.1, -0.05) is 52.0 Å². The van der Waals surface area contributed by atoms with E-state index in [1.54, 1.807) is 12.1 Å². The number of benzene rings is 2. The first-order valence-corrected chi connectivity index (χ1v) is 12.8. The van der Waals surface area contributed by atoms with Crippen LogP contribution in [0.1, 0.15) is 85.1 Å². The van der Waals surface area contributed by atoms with E-state index in [1.807, 2.05) is 35.7 Å². The predicted octanol–water partition coefficient (Wildman–Crippen LogP) is 7.11. The van der Waals surface area contributed by atoms with E-state index >= 15 is 0 Å². The number of rotatable bonds is 3. The van der Waals surface area contributed by atoms with E-state index in [0.717, 1.165) is 11.5 Å². The highest BCUT2D eigenvalue weighted by atomic mass is 32.2. The standard InChI is InChI=1S/C26H32O2S2/c1-17-15-21-22(25(4,5)12-11-24(21,2)3)16-20(17)26(29-13-6-14-30-26)19-9-7-18(8-10-19)23(27)28/h7-10,15-16H,6,11-14H2,1-5H3,(H,27,28). The van der Waals surface area contributed by atoms with Gasteiger partial charge in [-0.15, -0.1) is 23.5 Å². The molecular formula is C26H32O2S2. The highest BCUT2D eigenvalue weighted by Crippen LogP contribution is 2.57. The molecule has 4 heteroatoms. The van der Waals surface area contributed by atoms with Crippen LogP contribution in [0.4, 0.5) is 0 Å². The minimum absolute atomic E-state index is 0.172. The maximum atomic E-state index is 11.4. The van der Waals surface area contributed by atoms with E-state index in [1.165, 1.54) is 47.1 Å². The molecule has 0 bridgehead atoms. The molecule has 0 atom stereocenters. The molecule has 0 spiro atoms. The van der Waals surface area contributed by atoms with Crippen molar-refractivity contribution < 1.29 is 9.90 Å². The molecule has 1 fully saturated rings. The van der Waals surface area contributed by atoms with Crippen molar-refractivity contribution in [2.45, 2.75) is 68.8 Å². The number of thioether (sulfide) groups is 2. The molecule has 2 aliphatic rings. The smallest absolute Gasteiger partial charge is 0.335 e. The van der Waals surface area contributed by atoms with E-state index in [4.69, 9.17) is 0 Å². The molecule has 2 aromatic carbocycles. The van der Waals surface area contributed by atoms with Crippen molar-refractivity contribution >= 4 is 29.5 Å².